The smallest absolute Gasteiger partial charge is 0.251 e. The Labute approximate surface area is 211 Å². The Morgan fingerprint density at radius 2 is 1.89 bits per heavy atom. The molecule has 10 heteroatoms. The molecule has 1 aliphatic carbocycles. The number of amides is 2. The predicted octanol–water partition coefficient (Wildman–Crippen LogP) is 4.14. The molecule has 1 saturated carbocycles. The summed E-state index contributed by atoms with van der Waals surface area (Å²) in [6.45, 7) is 1.97. The topological polar surface area (TPSA) is 91.6 Å². The van der Waals surface area contributed by atoms with Gasteiger partial charge < -0.3 is 15.5 Å². The average Bonchev–Trinajstić information content (AvgIpc) is 3.43. The van der Waals surface area contributed by atoms with Crippen molar-refractivity contribution in [3.63, 3.8) is 0 Å². The van der Waals surface area contributed by atoms with Gasteiger partial charge in [0.15, 0.2) is 23.1 Å². The van der Waals surface area contributed by atoms with E-state index in [1.165, 1.54) is 0 Å². The molecule has 190 valence electrons. The van der Waals surface area contributed by atoms with Crippen molar-refractivity contribution >= 4 is 34.3 Å². The molecule has 2 aromatic carbocycles. The van der Waals surface area contributed by atoms with Gasteiger partial charge in [0, 0.05) is 55.4 Å². The summed E-state index contributed by atoms with van der Waals surface area (Å²) in [5, 5.41) is 6.23. The molecule has 4 aromatic rings. The van der Waals surface area contributed by atoms with Crippen LogP contribution < -0.4 is 10.6 Å². The number of rotatable bonds is 8. The first-order chi connectivity index (χ1) is 18.0. The van der Waals surface area contributed by atoms with E-state index in [4.69, 9.17) is 0 Å². The van der Waals surface area contributed by atoms with Gasteiger partial charge in [0.05, 0.1) is 22.9 Å². The third kappa shape index (κ3) is 4.59. The van der Waals surface area contributed by atoms with E-state index in [1.54, 1.807) is 22.7 Å². The number of hydrogen-bond acceptors (Lipinski definition) is 5. The number of fused-ring (bicyclic) bond motifs is 3. The summed E-state index contributed by atoms with van der Waals surface area (Å²) in [4.78, 5) is 35.2. The van der Waals surface area contributed by atoms with Crippen LogP contribution in [0.4, 0.5) is 14.6 Å². The van der Waals surface area contributed by atoms with Crippen molar-refractivity contribution in [2.75, 3.05) is 25.0 Å². The normalized spacial score (nSPS) is 15.6. The van der Waals surface area contributed by atoms with Crippen LogP contribution in [0.25, 0.3) is 27.9 Å². The van der Waals surface area contributed by atoms with Crippen LogP contribution in [0.2, 0.25) is 0 Å². The summed E-state index contributed by atoms with van der Waals surface area (Å²) >= 11 is 0. The Kier molecular flexibility index (Phi) is 5.94. The van der Waals surface area contributed by atoms with Crippen molar-refractivity contribution in [2.45, 2.75) is 38.1 Å². The Bertz CT molecular complexity index is 1510. The van der Waals surface area contributed by atoms with E-state index in [2.05, 4.69) is 20.6 Å². The minimum Gasteiger partial charge on any atom is -0.367 e. The van der Waals surface area contributed by atoms with Crippen molar-refractivity contribution in [3.8, 4) is 11.3 Å². The van der Waals surface area contributed by atoms with Gasteiger partial charge >= 0.3 is 0 Å². The highest BCUT2D eigenvalue weighted by molar-refractivity contribution is 5.95. The van der Waals surface area contributed by atoms with Crippen molar-refractivity contribution in [2.24, 2.45) is 0 Å². The quantitative estimate of drug-likeness (QED) is 0.352. The first kappa shape index (κ1) is 23.3. The molecule has 2 aliphatic rings. The zero-order chi connectivity index (χ0) is 25.5. The highest BCUT2D eigenvalue weighted by Gasteiger charge is 2.24. The van der Waals surface area contributed by atoms with Gasteiger partial charge in [-0.2, -0.15) is 0 Å². The summed E-state index contributed by atoms with van der Waals surface area (Å²) in [6, 6.07) is 9.59. The molecule has 3 heterocycles. The van der Waals surface area contributed by atoms with Gasteiger partial charge in [-0.3, -0.25) is 14.0 Å². The zero-order valence-corrected chi connectivity index (χ0v) is 20.1. The third-order valence-corrected chi connectivity index (χ3v) is 6.89. The summed E-state index contributed by atoms with van der Waals surface area (Å²) in [5.74, 6) is -1.44. The van der Waals surface area contributed by atoms with Gasteiger partial charge in [0.2, 0.25) is 5.91 Å². The maximum Gasteiger partial charge on any atom is 0.251 e. The molecule has 2 N–H and O–H groups in total. The van der Waals surface area contributed by atoms with E-state index in [0.29, 0.717) is 54.2 Å². The summed E-state index contributed by atoms with van der Waals surface area (Å²) in [7, 11) is 0. The van der Waals surface area contributed by atoms with Crippen molar-refractivity contribution < 1.29 is 18.4 Å². The molecule has 0 bridgehead atoms. The lowest BCUT2D eigenvalue weighted by Crippen LogP contribution is -2.27. The molecule has 37 heavy (non-hydrogen) atoms. The molecule has 1 aliphatic heterocycles. The SMILES string of the molecule is O=C(NC1CC1)c1ccc(-c2cnc3c(NCCCN4CCCC4=O)nc4cc(F)c(F)cc4n23)cc1. The second-order valence-electron chi connectivity index (χ2n) is 9.61. The number of aromatic nitrogens is 3. The monoisotopic (exact) mass is 504 g/mol. The number of imidazole rings is 1. The van der Waals surface area contributed by atoms with Crippen molar-refractivity contribution in [1.82, 2.24) is 24.6 Å². The lowest BCUT2D eigenvalue weighted by molar-refractivity contribution is -0.127. The standard InChI is InChI=1S/C27H26F2N6O2/c28-19-13-21-22(14-20(19)29)35-23(16-4-6-17(7-5-16)27(37)32-18-8-9-18)15-31-26(35)25(33-21)30-10-2-12-34-11-1-3-24(34)36/h4-7,13-15,18H,1-3,8-12H2,(H,30,33)(H,32,37). The van der Waals surface area contributed by atoms with Gasteiger partial charge in [-0.05, 0) is 37.8 Å². The van der Waals surface area contributed by atoms with E-state index in [1.807, 2.05) is 17.0 Å². The van der Waals surface area contributed by atoms with Gasteiger partial charge in [-0.15, -0.1) is 0 Å². The fourth-order valence-corrected chi connectivity index (χ4v) is 4.76. The van der Waals surface area contributed by atoms with Crippen LogP contribution in [0.5, 0.6) is 0 Å². The van der Waals surface area contributed by atoms with E-state index >= 15 is 0 Å². The molecule has 0 spiro atoms. The van der Waals surface area contributed by atoms with Gasteiger partial charge in [0.25, 0.3) is 5.91 Å². The number of carbonyl (C=O) groups is 2. The predicted molar refractivity (Wildman–Crippen MR) is 135 cm³/mol. The third-order valence-electron chi connectivity index (χ3n) is 6.89. The highest BCUT2D eigenvalue weighted by atomic mass is 19.2. The summed E-state index contributed by atoms with van der Waals surface area (Å²) in [6.07, 6.45) is 5.89. The minimum atomic E-state index is -0.981. The molecule has 6 rings (SSSR count). The maximum atomic E-state index is 14.3. The Morgan fingerprint density at radius 1 is 1.11 bits per heavy atom. The minimum absolute atomic E-state index is 0.110. The Balaban J connectivity index is 1.33. The fraction of sp³-hybridized carbons (Fsp3) is 0.333. The number of hydrogen-bond donors (Lipinski definition) is 2. The number of benzene rings is 2. The molecular weight excluding hydrogens is 478 g/mol. The second-order valence-corrected chi connectivity index (χ2v) is 9.61. The molecule has 0 radical (unpaired) electrons. The van der Waals surface area contributed by atoms with Gasteiger partial charge in [-0.25, -0.2) is 18.7 Å². The van der Waals surface area contributed by atoms with Crippen LogP contribution in [0.3, 0.4) is 0 Å². The lowest BCUT2D eigenvalue weighted by Gasteiger charge is -2.16. The highest BCUT2D eigenvalue weighted by Crippen LogP contribution is 2.30. The lowest BCUT2D eigenvalue weighted by atomic mass is 10.1. The Morgan fingerprint density at radius 3 is 2.62 bits per heavy atom. The maximum absolute atomic E-state index is 14.3. The number of nitrogens with one attached hydrogen (secondary N) is 2. The first-order valence-electron chi connectivity index (χ1n) is 12.6. The van der Waals surface area contributed by atoms with Gasteiger partial charge in [0.1, 0.15) is 0 Å². The second kappa shape index (κ2) is 9.42. The number of likely N-dealkylation sites (tertiary alicyclic amines) is 1. The average molecular weight is 505 g/mol. The number of anilines is 1. The molecule has 1 saturated heterocycles. The summed E-state index contributed by atoms with van der Waals surface area (Å²) in [5.41, 5.74) is 3.12. The molecule has 0 unspecified atom stereocenters. The van der Waals surface area contributed by atoms with Crippen LogP contribution in [0.1, 0.15) is 42.5 Å². The largest absolute Gasteiger partial charge is 0.367 e. The van der Waals surface area contributed by atoms with E-state index in [0.717, 1.165) is 43.5 Å². The fourth-order valence-electron chi connectivity index (χ4n) is 4.76. The molecule has 2 fully saturated rings. The molecule has 8 nitrogen and oxygen atoms in total. The first-order valence-corrected chi connectivity index (χ1v) is 12.6. The van der Waals surface area contributed by atoms with Crippen LogP contribution in [-0.2, 0) is 4.79 Å². The van der Waals surface area contributed by atoms with E-state index in [9.17, 15) is 18.4 Å². The van der Waals surface area contributed by atoms with Crippen LogP contribution >= 0.6 is 0 Å². The molecular formula is C27H26F2N6O2. The Hall–Kier alpha value is -4.08. The zero-order valence-electron chi connectivity index (χ0n) is 20.1. The molecule has 2 aromatic heterocycles. The van der Waals surface area contributed by atoms with Crippen LogP contribution in [0, 0.1) is 11.6 Å². The van der Waals surface area contributed by atoms with E-state index < -0.39 is 11.6 Å². The number of halogens is 2. The molecule has 2 amide bonds. The number of carbonyl (C=O) groups excluding carboxylic acids is 2. The van der Waals surface area contributed by atoms with Crippen molar-refractivity contribution in [3.05, 3.63) is 59.8 Å². The van der Waals surface area contributed by atoms with Crippen LogP contribution in [-0.4, -0.2) is 56.8 Å². The number of nitrogens with zero attached hydrogens (tertiary/aromatic N) is 4. The van der Waals surface area contributed by atoms with Gasteiger partial charge in [-0.1, -0.05) is 12.1 Å². The summed E-state index contributed by atoms with van der Waals surface area (Å²) < 4.78 is 30.1. The van der Waals surface area contributed by atoms with Crippen LogP contribution in [0.15, 0.2) is 42.6 Å². The van der Waals surface area contributed by atoms with Crippen molar-refractivity contribution in [1.29, 1.82) is 0 Å². The van der Waals surface area contributed by atoms with E-state index in [-0.39, 0.29) is 23.4 Å². The molecule has 0 atom stereocenters.